The third-order valence-electron chi connectivity index (χ3n) is 5.28. The Kier molecular flexibility index (Phi) is 2.87. The van der Waals surface area contributed by atoms with E-state index >= 15 is 0 Å². The second-order valence-corrected chi connectivity index (χ2v) is 6.75. The minimum absolute atomic E-state index is 0.114. The van der Waals surface area contributed by atoms with Crippen molar-refractivity contribution in [3.63, 3.8) is 0 Å². The van der Waals surface area contributed by atoms with Gasteiger partial charge in [-0.15, -0.1) is 0 Å². The molecule has 0 spiro atoms. The maximum absolute atomic E-state index is 9.84. The molecule has 1 N–H and O–H groups in total. The molecule has 2 rings (SSSR count). The van der Waals surface area contributed by atoms with Crippen molar-refractivity contribution < 1.29 is 5.11 Å². The van der Waals surface area contributed by atoms with E-state index in [0.717, 1.165) is 17.8 Å². The van der Waals surface area contributed by atoms with Crippen LogP contribution in [0, 0.1) is 29.1 Å². The highest BCUT2D eigenvalue weighted by Gasteiger charge is 2.47. The van der Waals surface area contributed by atoms with Gasteiger partial charge in [0.25, 0.3) is 0 Å². The average Bonchev–Trinajstić information content (AvgIpc) is 2.40. The summed E-state index contributed by atoms with van der Waals surface area (Å²) in [4.78, 5) is 0. The maximum atomic E-state index is 9.84. The van der Waals surface area contributed by atoms with Gasteiger partial charge in [-0.3, -0.25) is 0 Å². The van der Waals surface area contributed by atoms with Crippen molar-refractivity contribution in [3.8, 4) is 0 Å². The summed E-state index contributed by atoms with van der Waals surface area (Å²) >= 11 is 0. The van der Waals surface area contributed by atoms with Crippen LogP contribution in [0.4, 0.5) is 0 Å². The van der Waals surface area contributed by atoms with Gasteiger partial charge >= 0.3 is 0 Å². The number of fused-ring (bicyclic) bond motifs is 1. The van der Waals surface area contributed by atoms with E-state index in [9.17, 15) is 5.11 Å². The van der Waals surface area contributed by atoms with Crippen LogP contribution >= 0.6 is 0 Å². The molecule has 88 valence electrons. The van der Waals surface area contributed by atoms with Crippen molar-refractivity contribution in [1.82, 2.24) is 0 Å². The lowest BCUT2D eigenvalue weighted by molar-refractivity contribution is 0.00980. The Morgan fingerprint density at radius 3 is 2.53 bits per heavy atom. The third-order valence-corrected chi connectivity index (χ3v) is 5.28. The first-order valence-corrected chi connectivity index (χ1v) is 6.60. The van der Waals surface area contributed by atoms with Crippen LogP contribution in [0.25, 0.3) is 0 Å². The maximum Gasteiger partial charge on any atom is 0.0542 e. The monoisotopic (exact) mass is 210 g/mol. The Morgan fingerprint density at radius 2 is 1.93 bits per heavy atom. The van der Waals surface area contributed by atoms with E-state index in [0.29, 0.717) is 11.3 Å². The van der Waals surface area contributed by atoms with E-state index < -0.39 is 0 Å². The Morgan fingerprint density at radius 1 is 1.27 bits per heavy atom. The predicted molar refractivity (Wildman–Crippen MR) is 63.6 cm³/mol. The van der Waals surface area contributed by atoms with Crippen LogP contribution in [-0.4, -0.2) is 11.2 Å². The first kappa shape index (κ1) is 11.4. The van der Waals surface area contributed by atoms with Crippen molar-refractivity contribution in [2.45, 2.75) is 59.5 Å². The lowest BCUT2D eigenvalue weighted by Gasteiger charge is -2.42. The van der Waals surface area contributed by atoms with Gasteiger partial charge in [-0.05, 0) is 61.7 Å². The topological polar surface area (TPSA) is 20.2 Å². The van der Waals surface area contributed by atoms with E-state index in [1.807, 2.05) is 6.92 Å². The lowest BCUT2D eigenvalue weighted by atomic mass is 9.63. The van der Waals surface area contributed by atoms with Crippen LogP contribution < -0.4 is 0 Å². The normalized spacial score (nSPS) is 46.2. The zero-order valence-corrected chi connectivity index (χ0v) is 10.7. The Balaban J connectivity index is 2.12. The van der Waals surface area contributed by atoms with Crippen molar-refractivity contribution in [1.29, 1.82) is 0 Å². The van der Waals surface area contributed by atoms with Gasteiger partial charge in [0.15, 0.2) is 0 Å². The molecule has 0 aromatic carbocycles. The van der Waals surface area contributed by atoms with Crippen molar-refractivity contribution in [2.75, 3.05) is 0 Å². The molecule has 15 heavy (non-hydrogen) atoms. The number of aliphatic hydroxyl groups is 1. The molecular weight excluding hydrogens is 184 g/mol. The summed E-state index contributed by atoms with van der Waals surface area (Å²) in [7, 11) is 0. The number of hydrogen-bond acceptors (Lipinski definition) is 1. The molecule has 0 aliphatic heterocycles. The largest absolute Gasteiger partial charge is 0.393 e. The molecule has 0 heterocycles. The van der Waals surface area contributed by atoms with Gasteiger partial charge in [-0.1, -0.05) is 20.8 Å². The molecule has 0 radical (unpaired) electrons. The molecule has 1 heteroatoms. The van der Waals surface area contributed by atoms with Gasteiger partial charge in [0, 0.05) is 0 Å². The molecule has 1 nitrogen and oxygen atoms in total. The smallest absolute Gasteiger partial charge is 0.0542 e. The lowest BCUT2D eigenvalue weighted by Crippen LogP contribution is -2.37. The van der Waals surface area contributed by atoms with E-state index in [-0.39, 0.29) is 6.10 Å². The molecule has 0 aromatic rings. The second-order valence-electron chi connectivity index (χ2n) is 6.75. The molecule has 2 aliphatic carbocycles. The van der Waals surface area contributed by atoms with Crippen LogP contribution in [0.2, 0.25) is 0 Å². The Bertz CT molecular complexity index is 231. The van der Waals surface area contributed by atoms with E-state index in [4.69, 9.17) is 0 Å². The molecule has 5 unspecified atom stereocenters. The fourth-order valence-corrected chi connectivity index (χ4v) is 4.23. The molecule has 2 aliphatic rings. The quantitative estimate of drug-likeness (QED) is 0.702. The van der Waals surface area contributed by atoms with Crippen LogP contribution in [-0.2, 0) is 0 Å². The number of hydrogen-bond donors (Lipinski definition) is 1. The van der Waals surface area contributed by atoms with Crippen LogP contribution in [0.3, 0.4) is 0 Å². The Hall–Kier alpha value is -0.0400. The van der Waals surface area contributed by atoms with Gasteiger partial charge in [-0.25, -0.2) is 0 Å². The second kappa shape index (κ2) is 3.76. The molecule has 0 aromatic heterocycles. The minimum Gasteiger partial charge on any atom is -0.393 e. The van der Waals surface area contributed by atoms with Crippen LogP contribution in [0.5, 0.6) is 0 Å². The summed E-state index contributed by atoms with van der Waals surface area (Å²) in [6, 6.07) is 0. The summed E-state index contributed by atoms with van der Waals surface area (Å²) < 4.78 is 0. The van der Waals surface area contributed by atoms with Crippen molar-refractivity contribution in [2.24, 2.45) is 29.1 Å². The highest BCUT2D eigenvalue weighted by molar-refractivity contribution is 4.97. The SMILES string of the molecule is CC(O)C1CC2C(CCC2(C)C)CC1C. The van der Waals surface area contributed by atoms with Crippen molar-refractivity contribution >= 4 is 0 Å². The van der Waals surface area contributed by atoms with Gasteiger partial charge in [-0.2, -0.15) is 0 Å². The summed E-state index contributed by atoms with van der Waals surface area (Å²) in [5, 5.41) is 9.84. The summed E-state index contributed by atoms with van der Waals surface area (Å²) in [6.45, 7) is 9.15. The molecule has 0 bridgehead atoms. The van der Waals surface area contributed by atoms with Gasteiger partial charge in [0.2, 0.25) is 0 Å². The molecular formula is C14H26O. The zero-order valence-electron chi connectivity index (χ0n) is 10.7. The average molecular weight is 210 g/mol. The summed E-state index contributed by atoms with van der Waals surface area (Å²) in [5.74, 6) is 3.09. The highest BCUT2D eigenvalue weighted by Crippen LogP contribution is 2.55. The molecule has 0 saturated heterocycles. The fourth-order valence-electron chi connectivity index (χ4n) is 4.23. The highest BCUT2D eigenvalue weighted by atomic mass is 16.3. The van der Waals surface area contributed by atoms with E-state index in [2.05, 4.69) is 20.8 Å². The Labute approximate surface area is 94.3 Å². The van der Waals surface area contributed by atoms with Gasteiger partial charge in [0.05, 0.1) is 6.10 Å². The molecule has 2 fully saturated rings. The molecule has 0 amide bonds. The van der Waals surface area contributed by atoms with Crippen LogP contribution in [0.15, 0.2) is 0 Å². The summed E-state index contributed by atoms with van der Waals surface area (Å²) in [5.41, 5.74) is 0.526. The standard InChI is InChI=1S/C14H26O/c1-9-7-11-5-6-14(3,4)13(11)8-12(9)10(2)15/h9-13,15H,5-8H2,1-4H3. The first-order valence-electron chi connectivity index (χ1n) is 6.60. The number of aliphatic hydroxyl groups excluding tert-OH is 1. The van der Waals surface area contributed by atoms with Crippen LogP contribution in [0.1, 0.15) is 53.4 Å². The zero-order chi connectivity index (χ0) is 11.2. The number of rotatable bonds is 1. The van der Waals surface area contributed by atoms with Gasteiger partial charge in [0.1, 0.15) is 0 Å². The third kappa shape index (κ3) is 1.95. The van der Waals surface area contributed by atoms with E-state index in [1.165, 1.54) is 25.7 Å². The fraction of sp³-hybridized carbons (Fsp3) is 1.00. The molecule has 2 saturated carbocycles. The van der Waals surface area contributed by atoms with E-state index in [1.54, 1.807) is 0 Å². The minimum atomic E-state index is -0.114. The van der Waals surface area contributed by atoms with Gasteiger partial charge < -0.3 is 5.11 Å². The molecule has 5 atom stereocenters. The predicted octanol–water partition coefficient (Wildman–Crippen LogP) is 3.47. The first-order chi connectivity index (χ1) is 6.92. The van der Waals surface area contributed by atoms with Crippen molar-refractivity contribution in [3.05, 3.63) is 0 Å². The summed E-state index contributed by atoms with van der Waals surface area (Å²) in [6.07, 6.45) is 5.31.